The Morgan fingerprint density at radius 3 is 3.14 bits per heavy atom. The number of benzene rings is 1. The molecule has 1 heterocycles. The number of hydrogen-bond acceptors (Lipinski definition) is 4. The highest BCUT2D eigenvalue weighted by Gasteiger charge is 2.29. The molecule has 14 heavy (non-hydrogen) atoms. The van der Waals surface area contributed by atoms with Crippen LogP contribution in [0.4, 0.5) is 0 Å². The van der Waals surface area contributed by atoms with E-state index in [0.29, 0.717) is 19.8 Å². The molecule has 0 amide bonds. The van der Waals surface area contributed by atoms with E-state index in [9.17, 15) is 0 Å². The molecule has 1 aliphatic rings. The Bertz CT molecular complexity index is 308. The zero-order chi connectivity index (χ0) is 9.80. The molecule has 0 fully saturated rings. The molecule has 0 atom stereocenters. The Labute approximate surface area is 83.1 Å². The van der Waals surface area contributed by atoms with E-state index in [1.165, 1.54) is 0 Å². The van der Waals surface area contributed by atoms with Crippen molar-refractivity contribution >= 4 is 7.32 Å². The fraction of sp³-hybridized carbons (Fsp3) is 0.333. The predicted octanol–water partition coefficient (Wildman–Crippen LogP) is 0.556. The summed E-state index contributed by atoms with van der Waals surface area (Å²) >= 11 is 0. The summed E-state index contributed by atoms with van der Waals surface area (Å²) in [6.07, 6.45) is 0. The average Bonchev–Trinajstić information content (AvgIpc) is 2.26. The summed E-state index contributed by atoms with van der Waals surface area (Å²) in [5.41, 5.74) is 6.35. The van der Waals surface area contributed by atoms with Crippen LogP contribution in [0, 0.1) is 0 Å². The lowest BCUT2D eigenvalue weighted by atomic mass is 10.1. The molecule has 5 heteroatoms. The molecule has 1 aromatic rings. The molecule has 0 aromatic heterocycles. The van der Waals surface area contributed by atoms with E-state index in [1.807, 2.05) is 24.3 Å². The lowest BCUT2D eigenvalue weighted by Gasteiger charge is -2.22. The number of hydrogen-bond donors (Lipinski definition) is 1. The maximum absolute atomic E-state index is 5.43. The number of para-hydroxylation sites is 1. The second-order valence-corrected chi connectivity index (χ2v) is 2.98. The second-order valence-electron chi connectivity index (χ2n) is 2.98. The zero-order valence-electron chi connectivity index (χ0n) is 7.81. The Morgan fingerprint density at radius 2 is 2.29 bits per heavy atom. The summed E-state index contributed by atoms with van der Waals surface area (Å²) < 4.78 is 16.0. The number of nitrogens with two attached hydrogens (primary N) is 1. The molecule has 74 valence electrons. The third kappa shape index (κ3) is 2.06. The molecular weight excluding hydrogens is 181 g/mol. The summed E-state index contributed by atoms with van der Waals surface area (Å²) in [4.78, 5) is 0. The van der Waals surface area contributed by atoms with Gasteiger partial charge in [0.1, 0.15) is 5.75 Å². The first-order valence-corrected chi connectivity index (χ1v) is 4.58. The summed E-state index contributed by atoms with van der Waals surface area (Å²) in [6.45, 7) is 1.42. The van der Waals surface area contributed by atoms with Gasteiger partial charge in [-0.3, -0.25) is 0 Å². The first-order chi connectivity index (χ1) is 6.90. The maximum Gasteiger partial charge on any atom is 0.713 e. The highest BCUT2D eigenvalue weighted by molar-refractivity contribution is 6.37. The first-order valence-electron chi connectivity index (χ1n) is 4.58. The molecule has 0 saturated heterocycles. The molecule has 1 aliphatic heterocycles. The van der Waals surface area contributed by atoms with Crippen molar-refractivity contribution in [2.75, 3.05) is 13.2 Å². The van der Waals surface area contributed by atoms with Gasteiger partial charge in [-0.1, -0.05) is 18.2 Å². The van der Waals surface area contributed by atoms with Gasteiger partial charge in [-0.2, -0.15) is 0 Å². The molecule has 0 radical (unpaired) electrons. The van der Waals surface area contributed by atoms with Crippen LogP contribution < -0.4 is 10.4 Å². The van der Waals surface area contributed by atoms with Gasteiger partial charge >= 0.3 is 7.32 Å². The van der Waals surface area contributed by atoms with E-state index in [4.69, 9.17) is 19.7 Å². The molecule has 0 aliphatic carbocycles. The first kappa shape index (κ1) is 9.52. The fourth-order valence-electron chi connectivity index (χ4n) is 1.28. The van der Waals surface area contributed by atoms with Crippen LogP contribution in [0.1, 0.15) is 5.56 Å². The van der Waals surface area contributed by atoms with Crippen molar-refractivity contribution in [1.82, 2.24) is 0 Å². The topological polar surface area (TPSA) is 53.7 Å². The Kier molecular flexibility index (Phi) is 3.03. The predicted molar refractivity (Wildman–Crippen MR) is 52.6 cm³/mol. The van der Waals surface area contributed by atoms with Crippen molar-refractivity contribution in [3.05, 3.63) is 29.8 Å². The van der Waals surface area contributed by atoms with Crippen LogP contribution in [-0.4, -0.2) is 20.5 Å². The van der Waals surface area contributed by atoms with Crippen LogP contribution in [0.15, 0.2) is 24.3 Å². The van der Waals surface area contributed by atoms with E-state index < -0.39 is 7.32 Å². The van der Waals surface area contributed by atoms with Crippen molar-refractivity contribution in [3.8, 4) is 5.75 Å². The molecule has 0 spiro atoms. The normalized spacial score (nSPS) is 14.8. The van der Waals surface area contributed by atoms with E-state index in [-0.39, 0.29) is 0 Å². The van der Waals surface area contributed by atoms with E-state index in [2.05, 4.69) is 0 Å². The minimum absolute atomic E-state index is 0.437. The standard InChI is InChI=1S/C9H12BNO3/c11-5-6-12-10-13-7-8-3-1-2-4-9(8)14-10/h1-4H,5-7,11H2. The Balaban J connectivity index is 1.99. The van der Waals surface area contributed by atoms with Crippen molar-refractivity contribution in [2.45, 2.75) is 6.61 Å². The highest BCUT2D eigenvalue weighted by Crippen LogP contribution is 2.24. The van der Waals surface area contributed by atoms with E-state index >= 15 is 0 Å². The minimum atomic E-state index is -0.617. The van der Waals surface area contributed by atoms with Gasteiger partial charge in [-0.25, -0.2) is 0 Å². The summed E-state index contributed by atoms with van der Waals surface area (Å²) in [6, 6.07) is 7.74. The molecule has 0 unspecified atom stereocenters. The van der Waals surface area contributed by atoms with Gasteiger partial charge in [0, 0.05) is 18.7 Å². The quantitative estimate of drug-likeness (QED) is 0.712. The summed E-state index contributed by atoms with van der Waals surface area (Å²) in [5.74, 6) is 0.820. The maximum atomic E-state index is 5.43. The van der Waals surface area contributed by atoms with Gasteiger partial charge in [-0.15, -0.1) is 0 Å². The number of rotatable bonds is 3. The van der Waals surface area contributed by atoms with Crippen molar-refractivity contribution < 1.29 is 14.0 Å². The Hall–Kier alpha value is -1.04. The number of fused-ring (bicyclic) bond motifs is 1. The van der Waals surface area contributed by atoms with Crippen molar-refractivity contribution in [2.24, 2.45) is 5.73 Å². The van der Waals surface area contributed by atoms with Crippen LogP contribution in [0.5, 0.6) is 5.75 Å². The molecular formula is C9H12BNO3. The molecule has 0 saturated carbocycles. The van der Waals surface area contributed by atoms with Crippen LogP contribution in [0.2, 0.25) is 0 Å². The summed E-state index contributed by atoms with van der Waals surface area (Å²) in [7, 11) is -0.617. The molecule has 4 nitrogen and oxygen atoms in total. The lowest BCUT2D eigenvalue weighted by Crippen LogP contribution is -2.35. The molecule has 1 aromatic carbocycles. The van der Waals surface area contributed by atoms with Gasteiger partial charge < -0.3 is 19.7 Å². The van der Waals surface area contributed by atoms with Crippen LogP contribution >= 0.6 is 0 Å². The monoisotopic (exact) mass is 193 g/mol. The van der Waals surface area contributed by atoms with Gasteiger partial charge in [0.15, 0.2) is 0 Å². The van der Waals surface area contributed by atoms with Crippen LogP contribution in [0.25, 0.3) is 0 Å². The van der Waals surface area contributed by atoms with E-state index in [0.717, 1.165) is 11.3 Å². The fourth-order valence-corrected chi connectivity index (χ4v) is 1.28. The highest BCUT2D eigenvalue weighted by atomic mass is 16.7. The SMILES string of the molecule is NCCOB1OCc2ccccc2O1. The zero-order valence-corrected chi connectivity index (χ0v) is 7.81. The van der Waals surface area contributed by atoms with Crippen molar-refractivity contribution in [3.63, 3.8) is 0 Å². The molecule has 0 bridgehead atoms. The summed E-state index contributed by atoms with van der Waals surface area (Å²) in [5, 5.41) is 0. The van der Waals surface area contributed by atoms with Gasteiger partial charge in [0.2, 0.25) is 0 Å². The molecule has 2 rings (SSSR count). The van der Waals surface area contributed by atoms with Crippen molar-refractivity contribution in [1.29, 1.82) is 0 Å². The lowest BCUT2D eigenvalue weighted by molar-refractivity contribution is 0.120. The molecule has 2 N–H and O–H groups in total. The largest absolute Gasteiger partial charge is 0.713 e. The second kappa shape index (κ2) is 4.46. The average molecular weight is 193 g/mol. The van der Waals surface area contributed by atoms with Gasteiger partial charge in [-0.05, 0) is 6.07 Å². The third-order valence-electron chi connectivity index (χ3n) is 1.94. The third-order valence-corrected chi connectivity index (χ3v) is 1.94. The smallest absolute Gasteiger partial charge is 0.511 e. The van der Waals surface area contributed by atoms with Crippen LogP contribution in [-0.2, 0) is 15.9 Å². The van der Waals surface area contributed by atoms with E-state index in [1.54, 1.807) is 0 Å². The van der Waals surface area contributed by atoms with Gasteiger partial charge in [0.25, 0.3) is 0 Å². The Morgan fingerprint density at radius 1 is 1.43 bits per heavy atom. The minimum Gasteiger partial charge on any atom is -0.511 e. The van der Waals surface area contributed by atoms with Crippen LogP contribution in [0.3, 0.4) is 0 Å². The van der Waals surface area contributed by atoms with Gasteiger partial charge in [0.05, 0.1) is 6.61 Å².